The summed E-state index contributed by atoms with van der Waals surface area (Å²) in [7, 11) is 1.22. The van der Waals surface area contributed by atoms with Crippen molar-refractivity contribution in [2.75, 3.05) is 7.11 Å². The maximum Gasteiger partial charge on any atom is 0.341 e. The molecular formula is C11H7ClN4O2. The largest absolute Gasteiger partial charge is 0.465 e. The molecule has 0 N–H and O–H groups in total. The van der Waals surface area contributed by atoms with Crippen molar-refractivity contribution in [3.05, 3.63) is 45.4 Å². The van der Waals surface area contributed by atoms with Crippen molar-refractivity contribution in [2.45, 2.75) is 0 Å². The monoisotopic (exact) mass is 262 g/mol. The minimum absolute atomic E-state index is 0.0318. The van der Waals surface area contributed by atoms with Crippen LogP contribution in [0.15, 0.2) is 29.4 Å². The number of hydrogen-bond donors (Lipinski definition) is 0. The number of para-hydroxylation sites is 1. The van der Waals surface area contributed by atoms with E-state index >= 15 is 0 Å². The highest BCUT2D eigenvalue weighted by Gasteiger charge is 2.19. The normalized spacial score (nSPS) is 9.89. The van der Waals surface area contributed by atoms with Gasteiger partial charge < -0.3 is 4.74 Å². The van der Waals surface area contributed by atoms with Gasteiger partial charge in [0.25, 0.3) is 0 Å². The Morgan fingerprint density at radius 2 is 2.22 bits per heavy atom. The third-order valence-corrected chi connectivity index (χ3v) is 2.63. The molecule has 2 rings (SSSR count). The second-order valence-electron chi connectivity index (χ2n) is 3.32. The van der Waals surface area contributed by atoms with E-state index < -0.39 is 5.97 Å². The number of hydrogen-bond acceptors (Lipinski definition) is 4. The summed E-state index contributed by atoms with van der Waals surface area (Å²) in [6.07, 6.45) is 0. The SMILES string of the molecule is COC(=O)c1c(Cl)nc2ccccc2c1N=[N+]=[N-]. The van der Waals surface area contributed by atoms with Crippen molar-refractivity contribution in [1.29, 1.82) is 0 Å². The lowest BCUT2D eigenvalue weighted by atomic mass is 10.1. The second-order valence-corrected chi connectivity index (χ2v) is 3.68. The Morgan fingerprint density at radius 3 is 2.89 bits per heavy atom. The number of methoxy groups -OCH3 is 1. The number of nitrogens with zero attached hydrogens (tertiary/aromatic N) is 4. The first-order valence-corrected chi connectivity index (χ1v) is 5.28. The van der Waals surface area contributed by atoms with Crippen molar-refractivity contribution < 1.29 is 9.53 Å². The van der Waals surface area contributed by atoms with E-state index in [1.54, 1.807) is 24.3 Å². The number of esters is 1. The van der Waals surface area contributed by atoms with Gasteiger partial charge in [0.15, 0.2) is 0 Å². The zero-order valence-corrected chi connectivity index (χ0v) is 10.0. The first-order chi connectivity index (χ1) is 8.69. The molecule has 0 amide bonds. The molecule has 18 heavy (non-hydrogen) atoms. The first kappa shape index (κ1) is 12.2. The molecular weight excluding hydrogens is 256 g/mol. The Hall–Kier alpha value is -2.30. The molecule has 7 heteroatoms. The van der Waals surface area contributed by atoms with Crippen LogP contribution in [-0.2, 0) is 4.74 Å². The summed E-state index contributed by atoms with van der Waals surface area (Å²) in [5, 5.41) is 4.01. The number of ether oxygens (including phenoxy) is 1. The highest BCUT2D eigenvalue weighted by Crippen LogP contribution is 2.33. The minimum atomic E-state index is -0.694. The summed E-state index contributed by atoms with van der Waals surface area (Å²) in [6, 6.07) is 6.91. The Kier molecular flexibility index (Phi) is 3.32. The van der Waals surface area contributed by atoms with Crippen LogP contribution in [0.4, 0.5) is 5.69 Å². The molecule has 90 valence electrons. The number of carbonyl (C=O) groups is 1. The van der Waals surface area contributed by atoms with Gasteiger partial charge in [-0.15, -0.1) is 0 Å². The second kappa shape index (κ2) is 4.91. The van der Waals surface area contributed by atoms with Crippen LogP contribution in [0.2, 0.25) is 5.15 Å². The summed E-state index contributed by atoms with van der Waals surface area (Å²) >= 11 is 5.92. The quantitative estimate of drug-likeness (QED) is 0.272. The molecule has 0 saturated heterocycles. The van der Waals surface area contributed by atoms with Gasteiger partial charge in [-0.3, -0.25) is 0 Å². The van der Waals surface area contributed by atoms with Crippen molar-refractivity contribution in [3.8, 4) is 0 Å². The van der Waals surface area contributed by atoms with Gasteiger partial charge in [0.05, 0.1) is 18.3 Å². The van der Waals surface area contributed by atoms with E-state index in [0.29, 0.717) is 10.9 Å². The van der Waals surface area contributed by atoms with Crippen LogP contribution < -0.4 is 0 Å². The lowest BCUT2D eigenvalue weighted by molar-refractivity contribution is 0.0601. The number of fused-ring (bicyclic) bond motifs is 1. The summed E-state index contributed by atoms with van der Waals surface area (Å²) in [5.74, 6) is -0.694. The van der Waals surface area contributed by atoms with Gasteiger partial charge in [-0.25, -0.2) is 9.78 Å². The Morgan fingerprint density at radius 1 is 1.50 bits per heavy atom. The van der Waals surface area contributed by atoms with Crippen LogP contribution >= 0.6 is 11.6 Å². The molecule has 6 nitrogen and oxygen atoms in total. The molecule has 1 aromatic carbocycles. The maximum absolute atomic E-state index is 11.6. The van der Waals surface area contributed by atoms with Crippen molar-refractivity contribution in [2.24, 2.45) is 5.11 Å². The molecule has 0 unspecified atom stereocenters. The molecule has 2 aromatic rings. The number of benzene rings is 1. The van der Waals surface area contributed by atoms with E-state index in [9.17, 15) is 4.79 Å². The van der Waals surface area contributed by atoms with Crippen LogP contribution in [0.25, 0.3) is 21.3 Å². The van der Waals surface area contributed by atoms with E-state index in [0.717, 1.165) is 0 Å². The van der Waals surface area contributed by atoms with E-state index in [1.165, 1.54) is 7.11 Å². The van der Waals surface area contributed by atoms with Gasteiger partial charge >= 0.3 is 5.97 Å². The van der Waals surface area contributed by atoms with Crippen molar-refractivity contribution in [1.82, 2.24) is 4.98 Å². The fraction of sp³-hybridized carbons (Fsp3) is 0.0909. The zero-order chi connectivity index (χ0) is 13.1. The number of carbonyl (C=O) groups excluding carboxylic acids is 1. The molecule has 0 aliphatic carbocycles. The first-order valence-electron chi connectivity index (χ1n) is 4.90. The van der Waals surface area contributed by atoms with Crippen LogP contribution in [0.5, 0.6) is 0 Å². The van der Waals surface area contributed by atoms with Gasteiger partial charge in [-0.1, -0.05) is 34.9 Å². The highest BCUT2D eigenvalue weighted by molar-refractivity contribution is 6.34. The summed E-state index contributed by atoms with van der Waals surface area (Å²) < 4.78 is 4.61. The third-order valence-electron chi connectivity index (χ3n) is 2.36. The molecule has 0 atom stereocenters. The van der Waals surface area contributed by atoms with Gasteiger partial charge in [0, 0.05) is 10.3 Å². The van der Waals surface area contributed by atoms with E-state index in [4.69, 9.17) is 17.1 Å². The van der Waals surface area contributed by atoms with Gasteiger partial charge in [-0.05, 0) is 11.6 Å². The Balaban J connectivity index is 2.91. The number of aromatic nitrogens is 1. The molecule has 0 fully saturated rings. The van der Waals surface area contributed by atoms with E-state index in [-0.39, 0.29) is 16.4 Å². The van der Waals surface area contributed by atoms with Crippen LogP contribution in [0.1, 0.15) is 10.4 Å². The zero-order valence-electron chi connectivity index (χ0n) is 9.29. The van der Waals surface area contributed by atoms with Crippen LogP contribution in [0, 0.1) is 0 Å². The average Bonchev–Trinajstić information content (AvgIpc) is 2.38. The molecule has 0 aliphatic rings. The van der Waals surface area contributed by atoms with E-state index in [2.05, 4.69) is 19.7 Å². The van der Waals surface area contributed by atoms with Crippen LogP contribution in [-0.4, -0.2) is 18.1 Å². The third kappa shape index (κ3) is 1.95. The molecule has 0 bridgehead atoms. The lowest BCUT2D eigenvalue weighted by Crippen LogP contribution is -2.04. The van der Waals surface area contributed by atoms with Crippen molar-refractivity contribution in [3.63, 3.8) is 0 Å². The molecule has 0 spiro atoms. The van der Waals surface area contributed by atoms with Gasteiger partial charge in [0.2, 0.25) is 0 Å². The molecule has 1 heterocycles. The van der Waals surface area contributed by atoms with E-state index in [1.807, 2.05) is 0 Å². The minimum Gasteiger partial charge on any atom is -0.465 e. The summed E-state index contributed by atoms with van der Waals surface area (Å²) in [6.45, 7) is 0. The van der Waals surface area contributed by atoms with Gasteiger partial charge in [-0.2, -0.15) is 0 Å². The maximum atomic E-state index is 11.6. The van der Waals surface area contributed by atoms with Crippen LogP contribution in [0.3, 0.4) is 0 Å². The van der Waals surface area contributed by atoms with Gasteiger partial charge in [0.1, 0.15) is 10.7 Å². The predicted octanol–water partition coefficient (Wildman–Crippen LogP) is 3.62. The smallest absolute Gasteiger partial charge is 0.341 e. The molecule has 0 saturated carbocycles. The highest BCUT2D eigenvalue weighted by atomic mass is 35.5. The topological polar surface area (TPSA) is 88.0 Å². The number of azide groups is 1. The lowest BCUT2D eigenvalue weighted by Gasteiger charge is -2.08. The standard InChI is InChI=1S/C11H7ClN4O2/c1-18-11(17)8-9(15-16-13)6-4-2-3-5-7(6)14-10(8)12/h2-5H,1H3. The number of halogens is 1. The Bertz CT molecular complexity index is 680. The Labute approximate surface area is 107 Å². The predicted molar refractivity (Wildman–Crippen MR) is 66.9 cm³/mol. The summed E-state index contributed by atoms with van der Waals surface area (Å²) in [5.41, 5.74) is 9.22. The summed E-state index contributed by atoms with van der Waals surface area (Å²) in [4.78, 5) is 18.4. The molecule has 1 aromatic heterocycles. The fourth-order valence-electron chi connectivity index (χ4n) is 1.60. The average molecular weight is 263 g/mol. The number of pyridine rings is 1. The fourth-order valence-corrected chi connectivity index (χ4v) is 1.85. The van der Waals surface area contributed by atoms with Crippen molar-refractivity contribution >= 4 is 34.2 Å². The molecule has 0 radical (unpaired) electrons. The molecule has 0 aliphatic heterocycles. The number of rotatable bonds is 2.